The smallest absolute Gasteiger partial charge is 0.416 e. The van der Waals surface area contributed by atoms with Crippen LogP contribution in [0.4, 0.5) is 18.9 Å². The Morgan fingerprint density at radius 3 is 2.25 bits per heavy atom. The number of carbonyl (C=O) groups excluding carboxylic acids is 1. The number of carbonyl (C=O) groups is 1. The fraction of sp³-hybridized carbons (Fsp3) is 0.136. The third-order valence-corrected chi connectivity index (χ3v) is 4.13. The lowest BCUT2D eigenvalue weighted by molar-refractivity contribution is -0.137. The van der Waals surface area contributed by atoms with E-state index < -0.39 is 11.7 Å². The van der Waals surface area contributed by atoms with Gasteiger partial charge in [-0.2, -0.15) is 13.2 Å². The SMILES string of the molecule is CCOc1ccccc1NC(=O)c1ccccc1-c1ccc(C(F)(F)F)cc1. The van der Waals surface area contributed by atoms with Gasteiger partial charge in [0, 0.05) is 5.56 Å². The summed E-state index contributed by atoms with van der Waals surface area (Å²) < 4.78 is 43.9. The second-order valence-corrected chi connectivity index (χ2v) is 6.00. The molecule has 0 radical (unpaired) electrons. The fourth-order valence-electron chi connectivity index (χ4n) is 2.81. The lowest BCUT2D eigenvalue weighted by atomic mass is 9.98. The van der Waals surface area contributed by atoms with Crippen molar-refractivity contribution in [3.05, 3.63) is 83.9 Å². The normalized spacial score (nSPS) is 11.1. The molecule has 3 aromatic carbocycles. The zero-order valence-corrected chi connectivity index (χ0v) is 15.1. The first kappa shape index (κ1) is 19.5. The summed E-state index contributed by atoms with van der Waals surface area (Å²) in [6, 6.07) is 18.6. The molecule has 1 N–H and O–H groups in total. The van der Waals surface area contributed by atoms with Gasteiger partial charge < -0.3 is 10.1 Å². The van der Waals surface area contributed by atoms with Crippen LogP contribution in [0.5, 0.6) is 5.75 Å². The van der Waals surface area contributed by atoms with E-state index in [2.05, 4.69) is 5.32 Å². The molecule has 28 heavy (non-hydrogen) atoms. The van der Waals surface area contributed by atoms with Gasteiger partial charge in [-0.1, -0.05) is 42.5 Å². The van der Waals surface area contributed by atoms with Crippen LogP contribution >= 0.6 is 0 Å². The monoisotopic (exact) mass is 385 g/mol. The number of nitrogens with one attached hydrogen (secondary N) is 1. The molecule has 0 heterocycles. The molecule has 0 atom stereocenters. The molecule has 3 nitrogen and oxygen atoms in total. The number of benzene rings is 3. The van der Waals surface area contributed by atoms with Gasteiger partial charge in [-0.3, -0.25) is 4.79 Å². The first-order valence-electron chi connectivity index (χ1n) is 8.70. The Kier molecular flexibility index (Phi) is 5.68. The molecule has 0 aliphatic carbocycles. The first-order valence-corrected chi connectivity index (χ1v) is 8.70. The van der Waals surface area contributed by atoms with Crippen molar-refractivity contribution in [3.8, 4) is 16.9 Å². The van der Waals surface area contributed by atoms with Crippen molar-refractivity contribution in [2.75, 3.05) is 11.9 Å². The summed E-state index contributed by atoms with van der Waals surface area (Å²) in [7, 11) is 0. The Labute approximate surface area is 160 Å². The number of hydrogen-bond acceptors (Lipinski definition) is 2. The van der Waals surface area contributed by atoms with E-state index >= 15 is 0 Å². The van der Waals surface area contributed by atoms with Crippen molar-refractivity contribution in [1.82, 2.24) is 0 Å². The number of amides is 1. The van der Waals surface area contributed by atoms with E-state index in [9.17, 15) is 18.0 Å². The molecule has 0 spiro atoms. The van der Waals surface area contributed by atoms with Crippen LogP contribution in [0.25, 0.3) is 11.1 Å². The highest BCUT2D eigenvalue weighted by Gasteiger charge is 2.30. The largest absolute Gasteiger partial charge is 0.492 e. The van der Waals surface area contributed by atoms with Crippen molar-refractivity contribution in [3.63, 3.8) is 0 Å². The Bertz CT molecular complexity index is 966. The van der Waals surface area contributed by atoms with Crippen LogP contribution in [0.1, 0.15) is 22.8 Å². The first-order chi connectivity index (χ1) is 13.4. The minimum absolute atomic E-state index is 0.355. The molecule has 3 aromatic rings. The summed E-state index contributed by atoms with van der Waals surface area (Å²) >= 11 is 0. The van der Waals surface area contributed by atoms with Gasteiger partial charge in [0.2, 0.25) is 0 Å². The number of rotatable bonds is 5. The molecule has 3 rings (SSSR count). The molecule has 0 aliphatic rings. The Morgan fingerprint density at radius 2 is 1.57 bits per heavy atom. The molecular formula is C22H18F3NO2. The quantitative estimate of drug-likeness (QED) is 0.583. The fourth-order valence-corrected chi connectivity index (χ4v) is 2.81. The summed E-state index contributed by atoms with van der Waals surface area (Å²) in [4.78, 5) is 12.8. The van der Waals surface area contributed by atoms with Crippen LogP contribution in [0.2, 0.25) is 0 Å². The van der Waals surface area contributed by atoms with Crippen molar-refractivity contribution >= 4 is 11.6 Å². The van der Waals surface area contributed by atoms with E-state index in [0.717, 1.165) is 12.1 Å². The number of ether oxygens (including phenoxy) is 1. The molecule has 1 amide bonds. The number of anilines is 1. The molecular weight excluding hydrogens is 367 g/mol. The molecule has 0 saturated carbocycles. The van der Waals surface area contributed by atoms with E-state index in [0.29, 0.717) is 34.7 Å². The van der Waals surface area contributed by atoms with Crippen LogP contribution in [-0.4, -0.2) is 12.5 Å². The zero-order valence-electron chi connectivity index (χ0n) is 15.1. The van der Waals surface area contributed by atoms with Crippen LogP contribution < -0.4 is 10.1 Å². The van der Waals surface area contributed by atoms with Gasteiger partial charge in [0.15, 0.2) is 0 Å². The van der Waals surface area contributed by atoms with Crippen LogP contribution in [0.3, 0.4) is 0 Å². The van der Waals surface area contributed by atoms with Gasteiger partial charge in [0.05, 0.1) is 17.9 Å². The predicted molar refractivity (Wildman–Crippen MR) is 102 cm³/mol. The Morgan fingerprint density at radius 1 is 0.929 bits per heavy atom. The van der Waals surface area contributed by atoms with E-state index in [1.54, 1.807) is 48.5 Å². The van der Waals surface area contributed by atoms with Crippen molar-refractivity contribution < 1.29 is 22.7 Å². The maximum atomic E-state index is 12.8. The lowest BCUT2D eigenvalue weighted by Crippen LogP contribution is -2.14. The predicted octanol–water partition coefficient (Wildman–Crippen LogP) is 6.02. The summed E-state index contributed by atoms with van der Waals surface area (Å²) in [6.07, 6.45) is -4.40. The summed E-state index contributed by atoms with van der Waals surface area (Å²) in [6.45, 7) is 2.30. The summed E-state index contributed by atoms with van der Waals surface area (Å²) in [5, 5.41) is 2.81. The topological polar surface area (TPSA) is 38.3 Å². The molecule has 0 unspecified atom stereocenters. The van der Waals surface area contributed by atoms with E-state index in [4.69, 9.17) is 4.74 Å². The lowest BCUT2D eigenvalue weighted by Gasteiger charge is -2.14. The average Bonchev–Trinajstić information content (AvgIpc) is 2.69. The molecule has 144 valence electrons. The van der Waals surface area contributed by atoms with Gasteiger partial charge >= 0.3 is 6.18 Å². The third kappa shape index (κ3) is 4.34. The van der Waals surface area contributed by atoms with E-state index in [1.165, 1.54) is 12.1 Å². The molecule has 6 heteroatoms. The van der Waals surface area contributed by atoms with Crippen LogP contribution in [0.15, 0.2) is 72.8 Å². The van der Waals surface area contributed by atoms with Gasteiger partial charge in [-0.05, 0) is 48.4 Å². The average molecular weight is 385 g/mol. The standard InChI is InChI=1S/C22H18F3NO2/c1-2-28-20-10-6-5-9-19(20)26-21(27)18-8-4-3-7-17(18)15-11-13-16(14-12-15)22(23,24)25/h3-14H,2H2,1H3,(H,26,27). The van der Waals surface area contributed by atoms with Gasteiger partial charge in [0.25, 0.3) is 5.91 Å². The molecule has 0 bridgehead atoms. The van der Waals surface area contributed by atoms with Crippen molar-refractivity contribution in [2.45, 2.75) is 13.1 Å². The molecule has 0 aromatic heterocycles. The number of halogens is 3. The zero-order chi connectivity index (χ0) is 20.1. The number of hydrogen-bond donors (Lipinski definition) is 1. The highest BCUT2D eigenvalue weighted by molar-refractivity contribution is 6.09. The van der Waals surface area contributed by atoms with Crippen LogP contribution in [0, 0.1) is 0 Å². The van der Waals surface area contributed by atoms with Gasteiger partial charge in [-0.25, -0.2) is 0 Å². The van der Waals surface area contributed by atoms with Crippen molar-refractivity contribution in [2.24, 2.45) is 0 Å². The minimum atomic E-state index is -4.40. The highest BCUT2D eigenvalue weighted by Crippen LogP contribution is 2.32. The van der Waals surface area contributed by atoms with Gasteiger partial charge in [-0.15, -0.1) is 0 Å². The molecule has 0 aliphatic heterocycles. The highest BCUT2D eigenvalue weighted by atomic mass is 19.4. The van der Waals surface area contributed by atoms with Crippen LogP contribution in [-0.2, 0) is 6.18 Å². The number of alkyl halides is 3. The summed E-state index contributed by atoms with van der Waals surface area (Å²) in [5.74, 6) is 0.174. The Hall–Kier alpha value is -3.28. The second kappa shape index (κ2) is 8.17. The Balaban J connectivity index is 1.91. The second-order valence-electron chi connectivity index (χ2n) is 6.00. The third-order valence-electron chi connectivity index (χ3n) is 4.13. The van der Waals surface area contributed by atoms with E-state index in [1.807, 2.05) is 6.92 Å². The maximum absolute atomic E-state index is 12.8. The van der Waals surface area contributed by atoms with E-state index in [-0.39, 0.29) is 5.91 Å². The molecule has 0 fully saturated rings. The minimum Gasteiger partial charge on any atom is -0.492 e. The van der Waals surface area contributed by atoms with Crippen molar-refractivity contribution in [1.29, 1.82) is 0 Å². The number of para-hydroxylation sites is 2. The summed E-state index contributed by atoms with van der Waals surface area (Å²) in [5.41, 5.74) is 1.22. The maximum Gasteiger partial charge on any atom is 0.416 e. The van der Waals surface area contributed by atoms with Gasteiger partial charge in [0.1, 0.15) is 5.75 Å². The molecule has 0 saturated heterocycles.